The minimum atomic E-state index is -0.0924. The van der Waals surface area contributed by atoms with Gasteiger partial charge in [0.2, 0.25) is 0 Å². The van der Waals surface area contributed by atoms with E-state index in [2.05, 4.69) is 217 Å². The SMILES string of the molecule is C=Nc1ccccc1N(Cc1ccc(-c2ccc(N(c3ccc(-c4ccccc4)cc3)c3ccc4c(c3)C(C)(C)c3ccccc3-4)cc2)cc1)c1ccccc1. The Morgan fingerprint density at radius 1 is 0.446 bits per heavy atom. The average Bonchev–Trinajstić information content (AvgIpc) is 3.49. The molecule has 0 saturated heterocycles. The number of fused-ring (bicyclic) bond motifs is 3. The number of anilines is 5. The van der Waals surface area contributed by atoms with E-state index in [0.717, 1.165) is 34.1 Å². The van der Waals surface area contributed by atoms with Gasteiger partial charge in [-0.15, -0.1) is 0 Å². The summed E-state index contributed by atoms with van der Waals surface area (Å²) in [6.07, 6.45) is 0. The van der Waals surface area contributed by atoms with E-state index in [9.17, 15) is 0 Å². The zero-order chi connectivity index (χ0) is 38.1. The van der Waals surface area contributed by atoms with Gasteiger partial charge in [0.05, 0.1) is 11.4 Å². The lowest BCUT2D eigenvalue weighted by atomic mass is 9.82. The summed E-state index contributed by atoms with van der Waals surface area (Å²) < 4.78 is 0. The van der Waals surface area contributed by atoms with Gasteiger partial charge in [0.15, 0.2) is 0 Å². The molecular formula is C53H43N3. The molecule has 0 atom stereocenters. The van der Waals surface area contributed by atoms with E-state index in [1.54, 1.807) is 0 Å². The summed E-state index contributed by atoms with van der Waals surface area (Å²) in [4.78, 5) is 9.00. The Morgan fingerprint density at radius 2 is 0.946 bits per heavy atom. The van der Waals surface area contributed by atoms with Gasteiger partial charge in [-0.2, -0.15) is 0 Å². The Labute approximate surface area is 330 Å². The second-order valence-electron chi connectivity index (χ2n) is 15.0. The Kier molecular flexibility index (Phi) is 9.12. The maximum Gasteiger partial charge on any atom is 0.0859 e. The molecule has 0 aliphatic heterocycles. The standard InChI is InChI=1S/C53H43N3/c1-53(2)49-19-11-10-18-47(49)48-35-34-46(36-50(48)53)56(44-30-26-41(27-31-44)39-14-6-4-7-15-39)45-32-28-42(29-33-45)40-24-22-38(23-25-40)37-55(43-16-8-5-9-17-43)52-21-13-12-20-51(52)54-3/h4-36H,3,37H2,1-2H3. The first-order chi connectivity index (χ1) is 27.5. The van der Waals surface area contributed by atoms with E-state index in [0.29, 0.717) is 6.54 Å². The predicted octanol–water partition coefficient (Wildman–Crippen LogP) is 14.5. The third kappa shape index (κ3) is 6.48. The minimum Gasteiger partial charge on any atom is -0.335 e. The van der Waals surface area contributed by atoms with E-state index in [1.807, 2.05) is 18.2 Å². The quantitative estimate of drug-likeness (QED) is 0.131. The molecule has 0 bridgehead atoms. The smallest absolute Gasteiger partial charge is 0.0859 e. The zero-order valence-corrected chi connectivity index (χ0v) is 31.8. The highest BCUT2D eigenvalue weighted by Crippen LogP contribution is 2.50. The van der Waals surface area contributed by atoms with Gasteiger partial charge < -0.3 is 9.80 Å². The van der Waals surface area contributed by atoms with E-state index in [4.69, 9.17) is 0 Å². The highest BCUT2D eigenvalue weighted by molar-refractivity contribution is 5.86. The summed E-state index contributed by atoms with van der Waals surface area (Å²) in [6, 6.07) is 71.9. The molecule has 270 valence electrons. The number of benzene rings is 8. The summed E-state index contributed by atoms with van der Waals surface area (Å²) in [5.41, 5.74) is 17.6. The molecule has 0 unspecified atom stereocenters. The van der Waals surface area contributed by atoms with Crippen LogP contribution in [-0.2, 0) is 12.0 Å². The highest BCUT2D eigenvalue weighted by Gasteiger charge is 2.35. The third-order valence-electron chi connectivity index (χ3n) is 11.2. The lowest BCUT2D eigenvalue weighted by Gasteiger charge is -2.28. The largest absolute Gasteiger partial charge is 0.335 e. The first-order valence-corrected chi connectivity index (χ1v) is 19.3. The maximum atomic E-state index is 4.32. The van der Waals surface area contributed by atoms with Gasteiger partial charge in [-0.05, 0) is 117 Å². The zero-order valence-electron chi connectivity index (χ0n) is 31.8. The molecule has 0 heterocycles. The predicted molar refractivity (Wildman–Crippen MR) is 237 cm³/mol. The van der Waals surface area contributed by atoms with Crippen LogP contribution in [0.4, 0.5) is 34.1 Å². The monoisotopic (exact) mass is 721 g/mol. The van der Waals surface area contributed by atoms with Crippen LogP contribution in [0, 0.1) is 0 Å². The molecule has 0 spiro atoms. The molecule has 3 heteroatoms. The highest BCUT2D eigenvalue weighted by atomic mass is 15.1. The van der Waals surface area contributed by atoms with Crippen molar-refractivity contribution in [3.05, 3.63) is 217 Å². The number of hydrogen-bond acceptors (Lipinski definition) is 3. The van der Waals surface area contributed by atoms with Crippen molar-refractivity contribution in [2.24, 2.45) is 4.99 Å². The number of rotatable bonds is 10. The van der Waals surface area contributed by atoms with Crippen LogP contribution in [0.25, 0.3) is 33.4 Å². The molecule has 0 radical (unpaired) electrons. The second-order valence-corrected chi connectivity index (χ2v) is 15.0. The average molecular weight is 722 g/mol. The Morgan fingerprint density at radius 3 is 1.59 bits per heavy atom. The van der Waals surface area contributed by atoms with E-state index in [-0.39, 0.29) is 5.41 Å². The first-order valence-electron chi connectivity index (χ1n) is 19.3. The number of para-hydroxylation sites is 3. The molecule has 8 aromatic rings. The lowest BCUT2D eigenvalue weighted by molar-refractivity contribution is 0.660. The van der Waals surface area contributed by atoms with Crippen molar-refractivity contribution in [3.8, 4) is 33.4 Å². The molecule has 0 amide bonds. The summed E-state index contributed by atoms with van der Waals surface area (Å²) >= 11 is 0. The summed E-state index contributed by atoms with van der Waals surface area (Å²) in [7, 11) is 0. The molecule has 0 fully saturated rings. The molecule has 0 saturated carbocycles. The third-order valence-corrected chi connectivity index (χ3v) is 11.2. The van der Waals surface area contributed by atoms with Crippen LogP contribution in [0.5, 0.6) is 0 Å². The summed E-state index contributed by atoms with van der Waals surface area (Å²) in [5.74, 6) is 0. The summed E-state index contributed by atoms with van der Waals surface area (Å²) in [5, 5.41) is 0. The summed E-state index contributed by atoms with van der Waals surface area (Å²) in [6.45, 7) is 9.23. The van der Waals surface area contributed by atoms with Crippen LogP contribution in [-0.4, -0.2) is 6.72 Å². The molecule has 0 N–H and O–H groups in total. The minimum absolute atomic E-state index is 0.0924. The molecule has 56 heavy (non-hydrogen) atoms. The number of nitrogens with zero attached hydrogens (tertiary/aromatic N) is 3. The van der Waals surface area contributed by atoms with Crippen molar-refractivity contribution in [2.45, 2.75) is 25.8 Å². The molecule has 1 aliphatic carbocycles. The Bertz CT molecular complexity index is 2630. The molecule has 3 nitrogen and oxygen atoms in total. The van der Waals surface area contributed by atoms with Crippen molar-refractivity contribution < 1.29 is 0 Å². The van der Waals surface area contributed by atoms with Crippen LogP contribution in [0.1, 0.15) is 30.5 Å². The van der Waals surface area contributed by atoms with Crippen molar-refractivity contribution in [1.29, 1.82) is 0 Å². The van der Waals surface area contributed by atoms with Crippen molar-refractivity contribution in [2.75, 3.05) is 9.80 Å². The van der Waals surface area contributed by atoms with E-state index < -0.39 is 0 Å². The van der Waals surface area contributed by atoms with Crippen LogP contribution >= 0.6 is 0 Å². The van der Waals surface area contributed by atoms with Gasteiger partial charge in [-0.1, -0.05) is 153 Å². The number of hydrogen-bond donors (Lipinski definition) is 0. The van der Waals surface area contributed by atoms with E-state index >= 15 is 0 Å². The van der Waals surface area contributed by atoms with Crippen LogP contribution in [0.15, 0.2) is 205 Å². The van der Waals surface area contributed by atoms with Crippen LogP contribution in [0.3, 0.4) is 0 Å². The second kappa shape index (κ2) is 14.7. The van der Waals surface area contributed by atoms with Gasteiger partial charge in [0.1, 0.15) is 0 Å². The topological polar surface area (TPSA) is 18.8 Å². The fourth-order valence-electron chi connectivity index (χ4n) is 8.25. The van der Waals surface area contributed by atoms with Crippen LogP contribution < -0.4 is 9.80 Å². The first kappa shape index (κ1) is 34.8. The van der Waals surface area contributed by atoms with E-state index in [1.165, 1.54) is 50.1 Å². The van der Waals surface area contributed by atoms with Gasteiger partial charge in [-0.3, -0.25) is 4.99 Å². The fourth-order valence-corrected chi connectivity index (χ4v) is 8.25. The van der Waals surface area contributed by atoms with Crippen molar-refractivity contribution in [3.63, 3.8) is 0 Å². The van der Waals surface area contributed by atoms with Crippen LogP contribution in [0.2, 0.25) is 0 Å². The molecule has 9 rings (SSSR count). The Balaban J connectivity index is 1.04. The number of aliphatic imine (C=N–C) groups is 1. The maximum absolute atomic E-state index is 4.32. The molecular weight excluding hydrogens is 679 g/mol. The fraction of sp³-hybridized carbons (Fsp3) is 0.0755. The van der Waals surface area contributed by atoms with Gasteiger partial charge in [0.25, 0.3) is 0 Å². The molecule has 0 aromatic heterocycles. The van der Waals surface area contributed by atoms with Gasteiger partial charge in [-0.25, -0.2) is 0 Å². The van der Waals surface area contributed by atoms with Crippen molar-refractivity contribution >= 4 is 40.8 Å². The Hall–Kier alpha value is -6.97. The molecule has 1 aliphatic rings. The lowest BCUT2D eigenvalue weighted by Crippen LogP contribution is -2.16. The molecule has 8 aromatic carbocycles. The van der Waals surface area contributed by atoms with Crippen molar-refractivity contribution in [1.82, 2.24) is 0 Å². The van der Waals surface area contributed by atoms with Gasteiger partial charge in [0, 0.05) is 34.7 Å². The normalized spacial score (nSPS) is 12.4. The van der Waals surface area contributed by atoms with Gasteiger partial charge >= 0.3 is 0 Å².